The number of carbonyl (C=O) groups is 2. The van der Waals surface area contributed by atoms with E-state index in [0.29, 0.717) is 35.4 Å². The predicted molar refractivity (Wildman–Crippen MR) is 127 cm³/mol. The number of rotatable bonds is 9. The van der Waals surface area contributed by atoms with Gasteiger partial charge in [0.1, 0.15) is 0 Å². The lowest BCUT2D eigenvalue weighted by Gasteiger charge is -2.18. The highest BCUT2D eigenvalue weighted by Gasteiger charge is 2.25. The smallest absolute Gasteiger partial charge is 0.335 e. The van der Waals surface area contributed by atoms with Crippen molar-refractivity contribution >= 4 is 11.9 Å². The van der Waals surface area contributed by atoms with Crippen molar-refractivity contribution in [1.82, 2.24) is 10.3 Å². The van der Waals surface area contributed by atoms with E-state index in [1.54, 1.807) is 12.3 Å². The summed E-state index contributed by atoms with van der Waals surface area (Å²) in [5.74, 6) is -0.421. The van der Waals surface area contributed by atoms with Crippen LogP contribution in [0.15, 0.2) is 53.9 Å². The molecular formula is C27H31N3O3. The molecule has 1 saturated carbocycles. The average molecular weight is 446 g/mol. The van der Waals surface area contributed by atoms with Crippen LogP contribution >= 0.6 is 0 Å². The largest absolute Gasteiger partial charge is 0.466 e. The van der Waals surface area contributed by atoms with E-state index in [2.05, 4.69) is 23.3 Å². The minimum Gasteiger partial charge on any atom is -0.466 e. The van der Waals surface area contributed by atoms with Gasteiger partial charge in [0.2, 0.25) is 5.91 Å². The van der Waals surface area contributed by atoms with Crippen LogP contribution in [0, 0.1) is 17.2 Å². The van der Waals surface area contributed by atoms with Crippen LogP contribution in [0.25, 0.3) is 11.3 Å². The molecule has 2 aromatic rings. The van der Waals surface area contributed by atoms with Crippen molar-refractivity contribution in [2.24, 2.45) is 5.92 Å². The van der Waals surface area contributed by atoms with Gasteiger partial charge in [0.25, 0.3) is 0 Å². The first kappa shape index (κ1) is 24.2. The van der Waals surface area contributed by atoms with Crippen LogP contribution in [-0.4, -0.2) is 24.0 Å². The van der Waals surface area contributed by atoms with Gasteiger partial charge in [-0.1, -0.05) is 50.5 Å². The van der Waals surface area contributed by atoms with Gasteiger partial charge in [-0.2, -0.15) is 5.26 Å². The lowest BCUT2D eigenvalue weighted by Crippen LogP contribution is -2.31. The Labute approximate surface area is 195 Å². The van der Waals surface area contributed by atoms with Gasteiger partial charge >= 0.3 is 5.97 Å². The molecule has 1 aromatic heterocycles. The number of amides is 1. The Morgan fingerprint density at radius 1 is 1.18 bits per heavy atom. The molecule has 0 spiro atoms. The number of aromatic nitrogens is 1. The van der Waals surface area contributed by atoms with Crippen molar-refractivity contribution in [3.05, 3.63) is 65.0 Å². The summed E-state index contributed by atoms with van der Waals surface area (Å²) in [6, 6.07) is 13.3. The second-order valence-corrected chi connectivity index (χ2v) is 8.41. The van der Waals surface area contributed by atoms with Crippen LogP contribution < -0.4 is 5.32 Å². The predicted octanol–water partition coefficient (Wildman–Crippen LogP) is 5.09. The van der Waals surface area contributed by atoms with Gasteiger partial charge in [-0.05, 0) is 43.4 Å². The molecule has 0 atom stereocenters. The van der Waals surface area contributed by atoms with Gasteiger partial charge < -0.3 is 10.1 Å². The molecule has 1 fully saturated rings. The topological polar surface area (TPSA) is 92.1 Å². The molecule has 1 amide bonds. The van der Waals surface area contributed by atoms with E-state index in [-0.39, 0.29) is 11.8 Å². The Morgan fingerprint density at radius 3 is 2.58 bits per heavy atom. The summed E-state index contributed by atoms with van der Waals surface area (Å²) in [6.45, 7) is 2.08. The van der Waals surface area contributed by atoms with Gasteiger partial charge in [-0.3, -0.25) is 9.78 Å². The molecule has 1 aliphatic carbocycles. The number of benzene rings is 1. The standard InChI is InChI=1S/C27H31N3O3/c1-3-4-13-25(30-26(31)20-9-5-6-10-20)23(27(32)33-2)16-19-14-15-24(29-18-19)22-12-8-7-11-21(22)17-28/h7-8,11-12,14-15,18,20H,3-6,9-10,13,16H2,1-2H3,(H,30,31)/b25-23-. The lowest BCUT2D eigenvalue weighted by atomic mass is 9.99. The van der Waals surface area contributed by atoms with Gasteiger partial charge in [0.15, 0.2) is 0 Å². The fourth-order valence-electron chi connectivity index (χ4n) is 4.20. The Hall–Kier alpha value is -3.46. The highest BCUT2D eigenvalue weighted by molar-refractivity contribution is 5.91. The van der Waals surface area contributed by atoms with Gasteiger partial charge in [-0.25, -0.2) is 4.79 Å². The molecular weight excluding hydrogens is 414 g/mol. The minimum absolute atomic E-state index is 0.00147. The lowest BCUT2D eigenvalue weighted by molar-refractivity contribution is -0.136. The first-order chi connectivity index (χ1) is 16.1. The maximum atomic E-state index is 12.8. The molecule has 0 radical (unpaired) electrons. The first-order valence-electron chi connectivity index (χ1n) is 11.6. The fraction of sp³-hybridized carbons (Fsp3) is 0.407. The molecule has 0 bridgehead atoms. The van der Waals surface area contributed by atoms with E-state index >= 15 is 0 Å². The van der Waals surface area contributed by atoms with E-state index in [4.69, 9.17) is 4.74 Å². The number of ether oxygens (including phenoxy) is 1. The van der Waals surface area contributed by atoms with Gasteiger partial charge in [0.05, 0.1) is 30.0 Å². The molecule has 0 unspecified atom stereocenters. The Balaban J connectivity index is 1.88. The van der Waals surface area contributed by atoms with Crippen LogP contribution in [0.4, 0.5) is 0 Å². The SMILES string of the molecule is CCCC/C(NC(=O)C1CCCC1)=C(\Cc1ccc(-c2ccccc2C#N)nc1)C(=O)OC. The molecule has 1 aromatic carbocycles. The van der Waals surface area contributed by atoms with Crippen LogP contribution in [0.3, 0.4) is 0 Å². The summed E-state index contributed by atoms with van der Waals surface area (Å²) >= 11 is 0. The molecule has 1 aliphatic rings. The van der Waals surface area contributed by atoms with Crippen molar-refractivity contribution in [2.45, 2.75) is 58.3 Å². The normalized spacial score (nSPS) is 14.3. The molecule has 0 saturated heterocycles. The van der Waals surface area contributed by atoms with Crippen LogP contribution in [0.1, 0.15) is 63.0 Å². The highest BCUT2D eigenvalue weighted by atomic mass is 16.5. The number of pyridine rings is 1. The monoisotopic (exact) mass is 445 g/mol. The maximum Gasteiger partial charge on any atom is 0.335 e. The molecule has 172 valence electrons. The van der Waals surface area contributed by atoms with Crippen LogP contribution in [-0.2, 0) is 20.7 Å². The van der Waals surface area contributed by atoms with E-state index in [1.807, 2.05) is 30.3 Å². The summed E-state index contributed by atoms with van der Waals surface area (Å²) in [7, 11) is 1.36. The Kier molecular flexibility index (Phi) is 8.77. The zero-order chi connectivity index (χ0) is 23.6. The van der Waals surface area contributed by atoms with Crippen molar-refractivity contribution in [1.29, 1.82) is 5.26 Å². The third kappa shape index (κ3) is 6.29. The number of esters is 1. The van der Waals surface area contributed by atoms with Crippen molar-refractivity contribution in [2.75, 3.05) is 7.11 Å². The number of nitriles is 1. The minimum atomic E-state index is -0.438. The number of allylic oxidation sites excluding steroid dienone is 1. The molecule has 6 heteroatoms. The summed E-state index contributed by atoms with van der Waals surface area (Å²) in [5.41, 5.74) is 3.97. The molecule has 1 heterocycles. The van der Waals surface area contributed by atoms with Gasteiger partial charge in [-0.15, -0.1) is 0 Å². The number of methoxy groups -OCH3 is 1. The molecule has 33 heavy (non-hydrogen) atoms. The van der Waals surface area contributed by atoms with Gasteiger partial charge in [0, 0.05) is 29.8 Å². The van der Waals surface area contributed by atoms with E-state index in [9.17, 15) is 14.9 Å². The van der Waals surface area contributed by atoms with Crippen molar-refractivity contribution in [3.8, 4) is 17.3 Å². The molecule has 0 aliphatic heterocycles. The summed E-state index contributed by atoms with van der Waals surface area (Å²) in [6.07, 6.45) is 8.39. The van der Waals surface area contributed by atoms with E-state index < -0.39 is 5.97 Å². The van der Waals surface area contributed by atoms with Crippen molar-refractivity contribution < 1.29 is 14.3 Å². The first-order valence-corrected chi connectivity index (χ1v) is 11.6. The zero-order valence-electron chi connectivity index (χ0n) is 19.4. The molecule has 6 nitrogen and oxygen atoms in total. The highest BCUT2D eigenvalue weighted by Crippen LogP contribution is 2.26. The molecule has 1 N–H and O–H groups in total. The average Bonchev–Trinajstić information content (AvgIpc) is 3.40. The number of hydrogen-bond acceptors (Lipinski definition) is 5. The number of carbonyl (C=O) groups excluding carboxylic acids is 2. The molecule has 3 rings (SSSR count). The van der Waals surface area contributed by atoms with E-state index in [1.165, 1.54) is 7.11 Å². The maximum absolute atomic E-state index is 12.8. The zero-order valence-corrected chi connectivity index (χ0v) is 19.4. The second-order valence-electron chi connectivity index (χ2n) is 8.41. The van der Waals surface area contributed by atoms with Crippen LogP contribution in [0.5, 0.6) is 0 Å². The third-order valence-electron chi connectivity index (χ3n) is 6.11. The summed E-state index contributed by atoms with van der Waals surface area (Å²) in [4.78, 5) is 30.0. The number of unbranched alkanes of at least 4 members (excludes halogenated alkanes) is 1. The number of nitrogens with one attached hydrogen (secondary N) is 1. The number of hydrogen-bond donors (Lipinski definition) is 1. The number of nitrogens with zero attached hydrogens (tertiary/aromatic N) is 2. The summed E-state index contributed by atoms with van der Waals surface area (Å²) in [5, 5.41) is 12.4. The fourth-order valence-corrected chi connectivity index (χ4v) is 4.20. The quantitative estimate of drug-likeness (QED) is 0.429. The summed E-state index contributed by atoms with van der Waals surface area (Å²) < 4.78 is 5.07. The second kappa shape index (κ2) is 12.0. The van der Waals surface area contributed by atoms with Crippen LogP contribution in [0.2, 0.25) is 0 Å². The Bertz CT molecular complexity index is 1050. The Morgan fingerprint density at radius 2 is 1.94 bits per heavy atom. The third-order valence-corrected chi connectivity index (χ3v) is 6.11. The van der Waals surface area contributed by atoms with E-state index in [0.717, 1.165) is 49.7 Å². The van der Waals surface area contributed by atoms with Crippen molar-refractivity contribution in [3.63, 3.8) is 0 Å².